The third-order valence-electron chi connectivity index (χ3n) is 4.35. The van der Waals surface area contributed by atoms with Gasteiger partial charge in [0.05, 0.1) is 25.0 Å². The minimum Gasteiger partial charge on any atom is -0.350 e. The van der Waals surface area contributed by atoms with E-state index in [9.17, 15) is 4.79 Å². The fourth-order valence-corrected chi connectivity index (χ4v) is 3.22. The highest BCUT2D eigenvalue weighted by atomic mass is 35.5. The van der Waals surface area contributed by atoms with Crippen LogP contribution in [0.4, 0.5) is 17.5 Å². The molecule has 3 aromatic rings. The Kier molecular flexibility index (Phi) is 4.82. The van der Waals surface area contributed by atoms with Crippen LogP contribution in [0.25, 0.3) is 0 Å². The van der Waals surface area contributed by atoms with Gasteiger partial charge in [-0.25, -0.2) is 9.97 Å². The van der Waals surface area contributed by atoms with E-state index in [1.54, 1.807) is 12.4 Å². The standard InChI is InChI=1S/C18H19ClN8O/c1-11-16-17(26(2)10-15(28)24-16)25-18(23-11)21-6-13-7-22-27(9-13)8-12-3-4-20-14(19)5-12/h3-5,7,9H,6,8,10H2,1-2H3,(H,24,28)(H,21,23,25). The number of carbonyl (C=O) groups is 1. The Morgan fingerprint density at radius 2 is 2.18 bits per heavy atom. The molecule has 2 N–H and O–H groups in total. The molecule has 3 aromatic heterocycles. The molecular weight excluding hydrogens is 380 g/mol. The van der Waals surface area contributed by atoms with E-state index >= 15 is 0 Å². The fraction of sp³-hybridized carbons (Fsp3) is 0.278. The van der Waals surface area contributed by atoms with Crippen molar-refractivity contribution in [1.29, 1.82) is 0 Å². The third-order valence-corrected chi connectivity index (χ3v) is 4.56. The lowest BCUT2D eigenvalue weighted by Gasteiger charge is -2.27. The first-order chi connectivity index (χ1) is 13.5. The summed E-state index contributed by atoms with van der Waals surface area (Å²) in [6, 6.07) is 3.73. The maximum atomic E-state index is 11.7. The van der Waals surface area contributed by atoms with E-state index in [1.807, 2.05) is 41.9 Å². The molecule has 0 saturated carbocycles. The Morgan fingerprint density at radius 1 is 1.32 bits per heavy atom. The van der Waals surface area contributed by atoms with Gasteiger partial charge in [0.1, 0.15) is 10.8 Å². The second-order valence-corrected chi connectivity index (χ2v) is 7.01. The summed E-state index contributed by atoms with van der Waals surface area (Å²) in [5.41, 5.74) is 3.41. The minimum absolute atomic E-state index is 0.0645. The van der Waals surface area contributed by atoms with Crippen LogP contribution in [0.5, 0.6) is 0 Å². The number of hydrogen-bond donors (Lipinski definition) is 2. The quantitative estimate of drug-likeness (QED) is 0.634. The first-order valence-electron chi connectivity index (χ1n) is 8.73. The molecule has 0 unspecified atom stereocenters. The first kappa shape index (κ1) is 18.2. The number of fused-ring (bicyclic) bond motifs is 1. The van der Waals surface area contributed by atoms with Gasteiger partial charge >= 0.3 is 0 Å². The topological polar surface area (TPSA) is 101 Å². The Hall–Kier alpha value is -3.20. The van der Waals surface area contributed by atoms with Crippen molar-refractivity contribution < 1.29 is 4.79 Å². The molecule has 0 radical (unpaired) electrons. The van der Waals surface area contributed by atoms with Crippen molar-refractivity contribution in [3.63, 3.8) is 0 Å². The molecule has 1 aliphatic heterocycles. The molecule has 10 heteroatoms. The highest BCUT2D eigenvalue weighted by Gasteiger charge is 2.23. The number of halogens is 1. The van der Waals surface area contributed by atoms with E-state index in [1.165, 1.54) is 0 Å². The van der Waals surface area contributed by atoms with Crippen molar-refractivity contribution in [2.24, 2.45) is 0 Å². The minimum atomic E-state index is -0.0645. The van der Waals surface area contributed by atoms with Gasteiger partial charge in [-0.3, -0.25) is 9.48 Å². The Bertz CT molecular complexity index is 1030. The summed E-state index contributed by atoms with van der Waals surface area (Å²) in [5.74, 6) is 1.15. The molecule has 0 fully saturated rings. The van der Waals surface area contributed by atoms with Gasteiger partial charge in [0.15, 0.2) is 5.82 Å². The highest BCUT2D eigenvalue weighted by Crippen LogP contribution is 2.29. The highest BCUT2D eigenvalue weighted by molar-refractivity contribution is 6.29. The predicted octanol–water partition coefficient (Wildman–Crippen LogP) is 2.08. The monoisotopic (exact) mass is 398 g/mol. The molecule has 144 valence electrons. The first-order valence-corrected chi connectivity index (χ1v) is 9.11. The maximum Gasteiger partial charge on any atom is 0.244 e. The van der Waals surface area contributed by atoms with E-state index in [2.05, 4.69) is 30.7 Å². The summed E-state index contributed by atoms with van der Waals surface area (Å²) in [4.78, 5) is 26.5. The molecule has 0 bridgehead atoms. The van der Waals surface area contributed by atoms with E-state index < -0.39 is 0 Å². The number of anilines is 3. The second-order valence-electron chi connectivity index (χ2n) is 6.62. The zero-order chi connectivity index (χ0) is 19.7. The van der Waals surface area contributed by atoms with Crippen molar-refractivity contribution >= 4 is 35.0 Å². The third kappa shape index (κ3) is 3.89. The number of pyridine rings is 1. The van der Waals surface area contributed by atoms with Crippen molar-refractivity contribution in [1.82, 2.24) is 24.7 Å². The fourth-order valence-electron chi connectivity index (χ4n) is 3.02. The van der Waals surface area contributed by atoms with E-state index in [-0.39, 0.29) is 12.5 Å². The van der Waals surface area contributed by atoms with Gasteiger partial charge in [-0.05, 0) is 24.6 Å². The van der Waals surface area contributed by atoms with Crippen LogP contribution in [0, 0.1) is 6.92 Å². The van der Waals surface area contributed by atoms with Crippen LogP contribution in [0.2, 0.25) is 5.15 Å². The van der Waals surface area contributed by atoms with Crippen LogP contribution >= 0.6 is 11.6 Å². The van der Waals surface area contributed by atoms with Crippen molar-refractivity contribution in [2.75, 3.05) is 29.1 Å². The maximum absolute atomic E-state index is 11.7. The number of aryl methyl sites for hydroxylation is 1. The molecule has 0 atom stereocenters. The van der Waals surface area contributed by atoms with Crippen LogP contribution in [0.15, 0.2) is 30.7 Å². The van der Waals surface area contributed by atoms with Crippen molar-refractivity contribution in [2.45, 2.75) is 20.0 Å². The van der Waals surface area contributed by atoms with Crippen LogP contribution in [-0.2, 0) is 17.9 Å². The molecule has 0 saturated heterocycles. The summed E-state index contributed by atoms with van der Waals surface area (Å²) in [6.07, 6.45) is 5.44. The number of rotatable bonds is 5. The number of likely N-dealkylation sites (N-methyl/N-ethyl adjacent to an activating group) is 1. The van der Waals surface area contributed by atoms with Gasteiger partial charge in [0.2, 0.25) is 11.9 Å². The van der Waals surface area contributed by atoms with Gasteiger partial charge in [0.25, 0.3) is 0 Å². The summed E-state index contributed by atoms with van der Waals surface area (Å²) in [5, 5.41) is 10.9. The largest absolute Gasteiger partial charge is 0.350 e. The van der Waals surface area contributed by atoms with Crippen molar-refractivity contribution in [3.05, 3.63) is 52.7 Å². The number of nitrogens with one attached hydrogen (secondary N) is 2. The second kappa shape index (κ2) is 7.43. The number of carbonyl (C=O) groups excluding carboxylic acids is 1. The number of amides is 1. The average Bonchev–Trinajstić information content (AvgIpc) is 3.08. The zero-order valence-electron chi connectivity index (χ0n) is 15.5. The van der Waals surface area contributed by atoms with E-state index in [0.717, 1.165) is 16.8 Å². The summed E-state index contributed by atoms with van der Waals surface area (Å²) in [7, 11) is 1.84. The molecule has 28 heavy (non-hydrogen) atoms. The number of aromatic nitrogens is 5. The lowest BCUT2D eigenvalue weighted by molar-refractivity contribution is -0.115. The average molecular weight is 399 g/mol. The lowest BCUT2D eigenvalue weighted by Crippen LogP contribution is -2.36. The van der Waals surface area contributed by atoms with Crippen LogP contribution < -0.4 is 15.5 Å². The van der Waals surface area contributed by atoms with Crippen LogP contribution in [0.1, 0.15) is 16.8 Å². The molecule has 4 rings (SSSR count). The SMILES string of the molecule is Cc1nc(NCc2cnn(Cc3ccnc(Cl)c3)c2)nc2c1NC(=O)CN2C. The van der Waals surface area contributed by atoms with Gasteiger partial charge in [-0.15, -0.1) is 0 Å². The lowest BCUT2D eigenvalue weighted by atomic mass is 10.2. The Morgan fingerprint density at radius 3 is 3.00 bits per heavy atom. The summed E-state index contributed by atoms with van der Waals surface area (Å²) in [6.45, 7) is 3.27. The molecule has 0 aliphatic carbocycles. The molecule has 9 nitrogen and oxygen atoms in total. The van der Waals surface area contributed by atoms with Crippen LogP contribution in [-0.4, -0.2) is 44.2 Å². The van der Waals surface area contributed by atoms with Gasteiger partial charge in [-0.2, -0.15) is 10.1 Å². The number of nitrogens with zero attached hydrogens (tertiary/aromatic N) is 6. The summed E-state index contributed by atoms with van der Waals surface area (Å²) >= 11 is 5.92. The molecular formula is C18H19ClN8O. The van der Waals surface area contributed by atoms with Gasteiger partial charge in [0, 0.05) is 31.5 Å². The van der Waals surface area contributed by atoms with Crippen molar-refractivity contribution in [3.8, 4) is 0 Å². The van der Waals surface area contributed by atoms with Crippen LogP contribution in [0.3, 0.4) is 0 Å². The van der Waals surface area contributed by atoms with E-state index in [4.69, 9.17) is 11.6 Å². The normalized spacial score (nSPS) is 13.2. The zero-order valence-corrected chi connectivity index (χ0v) is 16.2. The van der Waals surface area contributed by atoms with Gasteiger partial charge < -0.3 is 15.5 Å². The smallest absolute Gasteiger partial charge is 0.244 e. The molecule has 1 aliphatic rings. The predicted molar refractivity (Wildman–Crippen MR) is 107 cm³/mol. The molecule has 0 spiro atoms. The van der Waals surface area contributed by atoms with Gasteiger partial charge in [-0.1, -0.05) is 11.6 Å². The Balaban J connectivity index is 1.44. The molecule has 0 aromatic carbocycles. The molecule has 4 heterocycles. The molecule has 1 amide bonds. The number of hydrogen-bond acceptors (Lipinski definition) is 7. The van der Waals surface area contributed by atoms with E-state index in [0.29, 0.717) is 35.7 Å². The Labute approximate surface area is 166 Å². The summed E-state index contributed by atoms with van der Waals surface area (Å²) < 4.78 is 1.84.